The van der Waals surface area contributed by atoms with Crippen molar-refractivity contribution in [3.05, 3.63) is 22.4 Å². The van der Waals surface area contributed by atoms with Crippen LogP contribution in [-0.2, 0) is 11.2 Å². The first-order valence-electron chi connectivity index (χ1n) is 4.70. The zero-order valence-corrected chi connectivity index (χ0v) is 10.2. The summed E-state index contributed by atoms with van der Waals surface area (Å²) in [5.41, 5.74) is 0. The van der Waals surface area contributed by atoms with Gasteiger partial charge in [0.05, 0.1) is 6.42 Å². The molecule has 0 aromatic carbocycles. The molecule has 1 atom stereocenters. The molecule has 2 rings (SSSR count). The molecule has 2 nitrogen and oxygen atoms in total. The average molecular weight is 274 g/mol. The largest absolute Gasteiger partial charge is 0.341 e. The van der Waals surface area contributed by atoms with Gasteiger partial charge in [0.2, 0.25) is 5.91 Å². The smallest absolute Gasteiger partial charge is 0.227 e. The molecule has 1 unspecified atom stereocenters. The van der Waals surface area contributed by atoms with Gasteiger partial charge in [-0.25, -0.2) is 0 Å². The Hall–Kier alpha value is -0.350. The fourth-order valence-electron chi connectivity index (χ4n) is 1.62. The molecule has 0 saturated carbocycles. The summed E-state index contributed by atoms with van der Waals surface area (Å²) in [6.45, 7) is 1.77. The maximum absolute atomic E-state index is 11.8. The molecule has 1 aromatic rings. The molecule has 1 aliphatic rings. The molecule has 1 aromatic heterocycles. The molecule has 1 aliphatic heterocycles. The van der Waals surface area contributed by atoms with Crippen molar-refractivity contribution in [1.29, 1.82) is 0 Å². The number of halogens is 1. The summed E-state index contributed by atoms with van der Waals surface area (Å²) in [6, 6.07) is 4.01. The fourth-order valence-corrected chi connectivity index (χ4v) is 2.87. The van der Waals surface area contributed by atoms with Gasteiger partial charge in [0.25, 0.3) is 0 Å². The number of likely N-dealkylation sites (tertiary alicyclic amines) is 1. The highest BCUT2D eigenvalue weighted by Gasteiger charge is 2.24. The van der Waals surface area contributed by atoms with E-state index in [1.807, 2.05) is 22.4 Å². The van der Waals surface area contributed by atoms with Crippen LogP contribution in [0.3, 0.4) is 0 Å². The monoisotopic (exact) mass is 273 g/mol. The van der Waals surface area contributed by atoms with Crippen LogP contribution in [-0.4, -0.2) is 28.7 Å². The fraction of sp³-hybridized carbons (Fsp3) is 0.500. The summed E-state index contributed by atoms with van der Waals surface area (Å²) in [4.78, 5) is 15.4. The Bertz CT molecular complexity index is 312. The Balaban J connectivity index is 1.90. The lowest BCUT2D eigenvalue weighted by Gasteiger charge is -2.14. The second kappa shape index (κ2) is 4.45. The van der Waals surface area contributed by atoms with E-state index in [1.54, 1.807) is 11.3 Å². The van der Waals surface area contributed by atoms with Crippen molar-refractivity contribution in [3.8, 4) is 0 Å². The van der Waals surface area contributed by atoms with E-state index in [2.05, 4.69) is 15.9 Å². The van der Waals surface area contributed by atoms with Gasteiger partial charge in [0, 0.05) is 22.8 Å². The lowest BCUT2D eigenvalue weighted by Crippen LogP contribution is -2.29. The van der Waals surface area contributed by atoms with Crippen molar-refractivity contribution >= 4 is 33.2 Å². The van der Waals surface area contributed by atoms with Crippen LogP contribution in [0, 0.1) is 0 Å². The molecule has 0 N–H and O–H groups in total. The highest BCUT2D eigenvalue weighted by molar-refractivity contribution is 9.09. The van der Waals surface area contributed by atoms with Gasteiger partial charge in [-0.2, -0.15) is 0 Å². The van der Waals surface area contributed by atoms with Crippen molar-refractivity contribution in [2.75, 3.05) is 13.1 Å². The summed E-state index contributed by atoms with van der Waals surface area (Å²) in [7, 11) is 0. The molecule has 1 amide bonds. The summed E-state index contributed by atoms with van der Waals surface area (Å²) in [5.74, 6) is 0.259. The summed E-state index contributed by atoms with van der Waals surface area (Å²) < 4.78 is 0. The topological polar surface area (TPSA) is 20.3 Å². The lowest BCUT2D eigenvalue weighted by molar-refractivity contribution is -0.129. The number of nitrogens with zero attached hydrogens (tertiary/aromatic N) is 1. The first-order chi connectivity index (χ1) is 6.75. The minimum absolute atomic E-state index is 0.259. The molecule has 1 saturated heterocycles. The molecule has 0 radical (unpaired) electrons. The van der Waals surface area contributed by atoms with E-state index in [1.165, 1.54) is 0 Å². The number of carbonyl (C=O) groups is 1. The minimum atomic E-state index is 0.259. The standard InChI is InChI=1S/C10H12BrNOS/c11-8-3-4-12(7-8)10(13)6-9-2-1-5-14-9/h1-2,5,8H,3-4,6-7H2. The molecule has 2 heterocycles. The van der Waals surface area contributed by atoms with Gasteiger partial charge < -0.3 is 4.90 Å². The van der Waals surface area contributed by atoms with E-state index in [9.17, 15) is 4.79 Å². The van der Waals surface area contributed by atoms with E-state index in [0.717, 1.165) is 24.4 Å². The van der Waals surface area contributed by atoms with Crippen LogP contribution in [0.15, 0.2) is 17.5 Å². The van der Waals surface area contributed by atoms with Crippen LogP contribution in [0.2, 0.25) is 0 Å². The highest BCUT2D eigenvalue weighted by atomic mass is 79.9. The first-order valence-corrected chi connectivity index (χ1v) is 6.49. The number of rotatable bonds is 2. The molecule has 0 bridgehead atoms. The average Bonchev–Trinajstić information content (AvgIpc) is 2.75. The number of amides is 1. The van der Waals surface area contributed by atoms with Crippen LogP contribution in [0.4, 0.5) is 0 Å². The van der Waals surface area contributed by atoms with Crippen LogP contribution in [0.1, 0.15) is 11.3 Å². The Morgan fingerprint density at radius 1 is 1.71 bits per heavy atom. The number of thiophene rings is 1. The van der Waals surface area contributed by atoms with Crippen LogP contribution in [0.25, 0.3) is 0 Å². The van der Waals surface area contributed by atoms with E-state index in [0.29, 0.717) is 11.2 Å². The Kier molecular flexibility index (Phi) is 3.23. The molecule has 0 aliphatic carbocycles. The number of hydrogen-bond donors (Lipinski definition) is 0. The molecular formula is C10H12BrNOS. The van der Waals surface area contributed by atoms with Gasteiger partial charge in [-0.1, -0.05) is 22.0 Å². The van der Waals surface area contributed by atoms with Crippen molar-refractivity contribution in [3.63, 3.8) is 0 Å². The van der Waals surface area contributed by atoms with Gasteiger partial charge in [-0.05, 0) is 17.9 Å². The molecule has 0 spiro atoms. The van der Waals surface area contributed by atoms with Crippen molar-refractivity contribution in [2.45, 2.75) is 17.7 Å². The van der Waals surface area contributed by atoms with Gasteiger partial charge >= 0.3 is 0 Å². The quantitative estimate of drug-likeness (QED) is 0.758. The zero-order valence-electron chi connectivity index (χ0n) is 7.78. The third-order valence-corrected chi connectivity index (χ3v) is 4.01. The van der Waals surface area contributed by atoms with Gasteiger partial charge in [0.15, 0.2) is 0 Å². The van der Waals surface area contributed by atoms with E-state index in [-0.39, 0.29) is 5.91 Å². The maximum Gasteiger partial charge on any atom is 0.227 e. The maximum atomic E-state index is 11.8. The molecule has 4 heteroatoms. The predicted molar refractivity (Wildman–Crippen MR) is 61.9 cm³/mol. The number of carbonyl (C=O) groups excluding carboxylic acids is 1. The third-order valence-electron chi connectivity index (χ3n) is 2.39. The molecule has 76 valence electrons. The third kappa shape index (κ3) is 2.36. The molecule has 1 fully saturated rings. The van der Waals surface area contributed by atoms with Crippen molar-refractivity contribution < 1.29 is 4.79 Å². The Labute approximate surface area is 96.0 Å². The lowest BCUT2D eigenvalue weighted by atomic mass is 10.3. The molecular weight excluding hydrogens is 262 g/mol. The highest BCUT2D eigenvalue weighted by Crippen LogP contribution is 2.18. The second-order valence-corrected chi connectivity index (χ2v) is 5.81. The van der Waals surface area contributed by atoms with Crippen molar-refractivity contribution in [1.82, 2.24) is 4.90 Å². The van der Waals surface area contributed by atoms with Gasteiger partial charge in [-0.15, -0.1) is 11.3 Å². The van der Waals surface area contributed by atoms with E-state index >= 15 is 0 Å². The van der Waals surface area contributed by atoms with E-state index < -0.39 is 0 Å². The number of alkyl halides is 1. The van der Waals surface area contributed by atoms with Gasteiger partial charge in [-0.3, -0.25) is 4.79 Å². The minimum Gasteiger partial charge on any atom is -0.341 e. The van der Waals surface area contributed by atoms with Gasteiger partial charge in [0.1, 0.15) is 0 Å². The predicted octanol–water partition coefficient (Wildman–Crippen LogP) is 2.29. The second-order valence-electron chi connectivity index (χ2n) is 3.48. The number of hydrogen-bond acceptors (Lipinski definition) is 2. The van der Waals surface area contributed by atoms with Crippen molar-refractivity contribution in [2.24, 2.45) is 0 Å². The van der Waals surface area contributed by atoms with Crippen LogP contribution in [0.5, 0.6) is 0 Å². The van der Waals surface area contributed by atoms with Crippen LogP contribution < -0.4 is 0 Å². The first kappa shape index (κ1) is 10.2. The Morgan fingerprint density at radius 2 is 2.57 bits per heavy atom. The molecule has 14 heavy (non-hydrogen) atoms. The summed E-state index contributed by atoms with van der Waals surface area (Å²) >= 11 is 5.19. The Morgan fingerprint density at radius 3 is 3.14 bits per heavy atom. The summed E-state index contributed by atoms with van der Waals surface area (Å²) in [5, 5.41) is 2.01. The van der Waals surface area contributed by atoms with Crippen LogP contribution >= 0.6 is 27.3 Å². The van der Waals surface area contributed by atoms with E-state index in [4.69, 9.17) is 0 Å². The SMILES string of the molecule is O=C(Cc1cccs1)N1CCC(Br)C1. The summed E-state index contributed by atoms with van der Waals surface area (Å²) in [6.07, 6.45) is 1.65. The normalized spacial score (nSPS) is 21.5. The zero-order chi connectivity index (χ0) is 9.97.